The minimum Gasteiger partial charge on any atom is -0.354 e. The van der Waals surface area contributed by atoms with Crippen LogP contribution in [0.25, 0.3) is 0 Å². The molecule has 5 atom stereocenters. The maximum absolute atomic E-state index is 13.4. The highest BCUT2D eigenvalue weighted by Gasteiger charge is 2.65. The first-order chi connectivity index (χ1) is 18.1. The minimum atomic E-state index is -0.724. The number of nitrogens with one attached hydrogen (secondary N) is 1. The molecular weight excluding hydrogens is 470 g/mol. The highest BCUT2D eigenvalue weighted by atomic mass is 16.9. The van der Waals surface area contributed by atoms with Gasteiger partial charge in [0.25, 0.3) is 5.91 Å². The quantitative estimate of drug-likeness (QED) is 0.305. The Morgan fingerprint density at radius 1 is 0.649 bits per heavy atom. The van der Waals surface area contributed by atoms with E-state index < -0.39 is 30.1 Å². The molecule has 0 radical (unpaired) electrons. The highest BCUT2D eigenvalue weighted by Crippen LogP contribution is 2.50. The van der Waals surface area contributed by atoms with Crippen LogP contribution < -0.4 is 5.32 Å². The molecule has 0 unspecified atom stereocenters. The molecule has 0 aromatic carbocycles. The van der Waals surface area contributed by atoms with E-state index in [4.69, 9.17) is 23.7 Å². The molecular formula is C30H51NO6. The van der Waals surface area contributed by atoms with Crippen LogP contribution in [-0.4, -0.2) is 54.7 Å². The Morgan fingerprint density at radius 2 is 1.16 bits per heavy atom. The van der Waals surface area contributed by atoms with Crippen LogP contribution in [0.2, 0.25) is 0 Å². The third-order valence-electron chi connectivity index (χ3n) is 9.20. The van der Waals surface area contributed by atoms with Gasteiger partial charge in [-0.25, -0.2) is 0 Å². The molecule has 0 bridgehead atoms. The first-order valence-corrected chi connectivity index (χ1v) is 15.8. The van der Waals surface area contributed by atoms with E-state index in [0.29, 0.717) is 6.54 Å². The van der Waals surface area contributed by atoms with Gasteiger partial charge in [0, 0.05) is 32.2 Å². The standard InChI is InChI=1S/C30H51NO6/c1-2-3-4-5-6-7-8-9-10-17-22-31-27(32)25-23-24(35-29(34-23)18-13-11-14-19-29)26-28(33-25)37-30(36-26)20-15-12-16-21-30/h23-26,28H,2-22H2,1H3,(H,31,32)/t23-,24+,25-,26-,28-/m1/s1. The molecule has 0 aromatic heterocycles. The van der Waals surface area contributed by atoms with E-state index in [1.165, 1.54) is 64.2 Å². The lowest BCUT2D eigenvalue weighted by Crippen LogP contribution is -2.59. The Labute approximate surface area is 224 Å². The number of hydrogen-bond acceptors (Lipinski definition) is 6. The Morgan fingerprint density at radius 3 is 1.78 bits per heavy atom. The monoisotopic (exact) mass is 521 g/mol. The summed E-state index contributed by atoms with van der Waals surface area (Å²) < 4.78 is 32.5. The van der Waals surface area contributed by atoms with Crippen LogP contribution in [0.5, 0.6) is 0 Å². The molecule has 5 aliphatic rings. The summed E-state index contributed by atoms with van der Waals surface area (Å²) in [5.41, 5.74) is 0. The molecule has 3 aliphatic heterocycles. The van der Waals surface area contributed by atoms with E-state index in [0.717, 1.165) is 64.2 Å². The summed E-state index contributed by atoms with van der Waals surface area (Å²) in [4.78, 5) is 13.4. The molecule has 212 valence electrons. The fraction of sp³-hybridized carbons (Fsp3) is 0.967. The van der Waals surface area contributed by atoms with Gasteiger partial charge < -0.3 is 29.0 Å². The summed E-state index contributed by atoms with van der Waals surface area (Å²) in [5, 5.41) is 3.14. The van der Waals surface area contributed by atoms with Crippen molar-refractivity contribution in [2.45, 2.75) is 178 Å². The molecule has 0 aromatic rings. The van der Waals surface area contributed by atoms with Gasteiger partial charge in [0.1, 0.15) is 18.3 Å². The smallest absolute Gasteiger partial charge is 0.252 e. The molecule has 3 saturated heterocycles. The van der Waals surface area contributed by atoms with E-state index in [2.05, 4.69) is 12.2 Å². The molecule has 1 N–H and O–H groups in total. The summed E-state index contributed by atoms with van der Waals surface area (Å²) in [6, 6.07) is 0. The van der Waals surface area contributed by atoms with Crippen molar-refractivity contribution in [1.29, 1.82) is 0 Å². The number of amides is 1. The van der Waals surface area contributed by atoms with Gasteiger partial charge in [0.15, 0.2) is 24.0 Å². The van der Waals surface area contributed by atoms with Crippen LogP contribution in [0, 0.1) is 0 Å². The number of fused-ring (bicyclic) bond motifs is 3. The van der Waals surface area contributed by atoms with Crippen molar-refractivity contribution in [3.8, 4) is 0 Å². The summed E-state index contributed by atoms with van der Waals surface area (Å²) >= 11 is 0. The third-order valence-corrected chi connectivity index (χ3v) is 9.20. The molecule has 2 spiro atoms. The zero-order valence-electron chi connectivity index (χ0n) is 23.2. The summed E-state index contributed by atoms with van der Waals surface area (Å²) in [6.45, 7) is 2.94. The van der Waals surface area contributed by atoms with E-state index in [-0.39, 0.29) is 18.1 Å². The Bertz CT molecular complexity index is 719. The van der Waals surface area contributed by atoms with Crippen molar-refractivity contribution < 1.29 is 28.5 Å². The fourth-order valence-electron chi connectivity index (χ4n) is 7.09. The maximum Gasteiger partial charge on any atom is 0.252 e. The van der Waals surface area contributed by atoms with Gasteiger partial charge in [-0.3, -0.25) is 4.79 Å². The van der Waals surface area contributed by atoms with E-state index in [1.807, 2.05) is 0 Å². The van der Waals surface area contributed by atoms with E-state index in [1.54, 1.807) is 0 Å². The molecule has 5 rings (SSSR count). The average molecular weight is 522 g/mol. The van der Waals surface area contributed by atoms with E-state index >= 15 is 0 Å². The third kappa shape index (κ3) is 6.71. The largest absolute Gasteiger partial charge is 0.354 e. The first kappa shape index (κ1) is 27.8. The lowest BCUT2D eigenvalue weighted by atomic mass is 9.94. The summed E-state index contributed by atoms with van der Waals surface area (Å²) in [5.74, 6) is -1.30. The van der Waals surface area contributed by atoms with Gasteiger partial charge in [0.2, 0.25) is 0 Å². The van der Waals surface area contributed by atoms with Crippen LogP contribution in [-0.2, 0) is 28.5 Å². The number of unbranched alkanes of at least 4 members (excludes halogenated alkanes) is 9. The number of rotatable bonds is 12. The van der Waals surface area contributed by atoms with Crippen molar-refractivity contribution in [1.82, 2.24) is 5.32 Å². The Kier molecular flexibility index (Phi) is 9.84. The van der Waals surface area contributed by atoms with Crippen molar-refractivity contribution in [2.75, 3.05) is 6.54 Å². The number of hydrogen-bond donors (Lipinski definition) is 1. The highest BCUT2D eigenvalue weighted by molar-refractivity contribution is 5.81. The second-order valence-electron chi connectivity index (χ2n) is 12.2. The van der Waals surface area contributed by atoms with Gasteiger partial charge in [0.05, 0.1) is 0 Å². The lowest BCUT2D eigenvalue weighted by molar-refractivity contribution is -0.247. The minimum absolute atomic E-state index is 0.103. The molecule has 7 heteroatoms. The normalized spacial score (nSPS) is 33.9. The SMILES string of the molecule is CCCCCCCCCCCCNC(=O)[C@@H]1O[C@@H]2OC3(CCCCC3)O[C@@H]2[C@H]2OC3(CCCCC3)O[C@H]21. The maximum atomic E-state index is 13.4. The number of carbonyl (C=O) groups is 1. The summed E-state index contributed by atoms with van der Waals surface area (Å²) in [7, 11) is 0. The van der Waals surface area contributed by atoms with Crippen molar-refractivity contribution in [3.63, 3.8) is 0 Å². The van der Waals surface area contributed by atoms with E-state index in [9.17, 15) is 4.79 Å². The topological polar surface area (TPSA) is 75.3 Å². The molecule has 2 saturated carbocycles. The molecule has 37 heavy (non-hydrogen) atoms. The Hall–Kier alpha value is -0.730. The molecule has 5 fully saturated rings. The van der Waals surface area contributed by atoms with Gasteiger partial charge >= 0.3 is 0 Å². The zero-order chi connectivity index (χ0) is 25.6. The summed E-state index contributed by atoms with van der Waals surface area (Å²) in [6.07, 6.45) is 20.7. The van der Waals surface area contributed by atoms with Crippen LogP contribution in [0.3, 0.4) is 0 Å². The number of carbonyl (C=O) groups excluding carboxylic acids is 1. The predicted octanol–water partition coefficient (Wildman–Crippen LogP) is 6.27. The van der Waals surface area contributed by atoms with Crippen LogP contribution in [0.4, 0.5) is 0 Å². The van der Waals surface area contributed by atoms with Crippen molar-refractivity contribution in [3.05, 3.63) is 0 Å². The van der Waals surface area contributed by atoms with Gasteiger partial charge in [-0.05, 0) is 32.1 Å². The molecule has 1 amide bonds. The molecule has 3 heterocycles. The van der Waals surface area contributed by atoms with Crippen LogP contribution >= 0.6 is 0 Å². The van der Waals surface area contributed by atoms with Gasteiger partial charge in [-0.1, -0.05) is 77.6 Å². The second-order valence-corrected chi connectivity index (χ2v) is 12.2. The van der Waals surface area contributed by atoms with Crippen LogP contribution in [0.15, 0.2) is 0 Å². The zero-order valence-corrected chi connectivity index (χ0v) is 23.2. The molecule has 2 aliphatic carbocycles. The average Bonchev–Trinajstić information content (AvgIpc) is 3.45. The van der Waals surface area contributed by atoms with Crippen molar-refractivity contribution in [2.24, 2.45) is 0 Å². The van der Waals surface area contributed by atoms with Crippen LogP contribution in [0.1, 0.15) is 135 Å². The number of ether oxygens (including phenoxy) is 5. The predicted molar refractivity (Wildman–Crippen MR) is 141 cm³/mol. The lowest BCUT2D eigenvalue weighted by Gasteiger charge is -2.36. The second kappa shape index (κ2) is 13.1. The first-order valence-electron chi connectivity index (χ1n) is 15.8. The van der Waals surface area contributed by atoms with Gasteiger partial charge in [-0.2, -0.15) is 0 Å². The fourth-order valence-corrected chi connectivity index (χ4v) is 7.09. The Balaban J connectivity index is 1.11. The van der Waals surface area contributed by atoms with Crippen molar-refractivity contribution >= 4 is 5.91 Å². The van der Waals surface area contributed by atoms with Gasteiger partial charge in [-0.15, -0.1) is 0 Å². The molecule has 7 nitrogen and oxygen atoms in total.